The summed E-state index contributed by atoms with van der Waals surface area (Å²) in [4.78, 5) is 19.9. The van der Waals surface area contributed by atoms with E-state index in [1.807, 2.05) is 55.5 Å². The van der Waals surface area contributed by atoms with Gasteiger partial charge in [0.05, 0.1) is 23.0 Å². The molecule has 1 fully saturated rings. The number of aryl methyl sites for hydroxylation is 1. The molecular weight excluding hydrogens is 466 g/mol. The fourth-order valence-electron chi connectivity index (χ4n) is 3.68. The van der Waals surface area contributed by atoms with Crippen LogP contribution in [-0.2, 0) is 10.0 Å². The van der Waals surface area contributed by atoms with Crippen LogP contribution in [0.5, 0.6) is 0 Å². The Bertz CT molecular complexity index is 1220. The third-order valence-electron chi connectivity index (χ3n) is 5.33. The molecule has 0 N–H and O–H groups in total. The summed E-state index contributed by atoms with van der Waals surface area (Å²) in [6.07, 6.45) is 1.20. The average molecular weight is 488 g/mol. The Morgan fingerprint density at radius 1 is 1.00 bits per heavy atom. The van der Waals surface area contributed by atoms with Crippen LogP contribution in [0.3, 0.4) is 0 Å². The molecule has 8 heteroatoms. The van der Waals surface area contributed by atoms with Gasteiger partial charge in [-0.2, -0.15) is 4.31 Å². The summed E-state index contributed by atoms with van der Waals surface area (Å²) in [5.74, 6) is -0.0977. The summed E-state index contributed by atoms with van der Waals surface area (Å²) in [5.41, 5.74) is 4.07. The zero-order chi connectivity index (χ0) is 21.5. The van der Waals surface area contributed by atoms with Gasteiger partial charge in [0.15, 0.2) is 0 Å². The summed E-state index contributed by atoms with van der Waals surface area (Å²) in [5, 5.41) is 0.811. The van der Waals surface area contributed by atoms with Gasteiger partial charge in [0.25, 0.3) is 5.91 Å². The summed E-state index contributed by atoms with van der Waals surface area (Å²) in [6, 6.07) is 15.6. The molecule has 0 aliphatic carbocycles. The van der Waals surface area contributed by atoms with Gasteiger partial charge >= 0.3 is 0 Å². The molecule has 4 rings (SSSR count). The van der Waals surface area contributed by atoms with Gasteiger partial charge in [0.1, 0.15) is 0 Å². The highest BCUT2D eigenvalue weighted by atomic mass is 79.9. The van der Waals surface area contributed by atoms with Gasteiger partial charge in [0.2, 0.25) is 10.0 Å². The number of rotatable bonds is 3. The van der Waals surface area contributed by atoms with E-state index in [0.29, 0.717) is 31.7 Å². The van der Waals surface area contributed by atoms with Crippen molar-refractivity contribution < 1.29 is 13.2 Å². The highest BCUT2D eigenvalue weighted by molar-refractivity contribution is 9.10. The van der Waals surface area contributed by atoms with Crippen LogP contribution in [0.1, 0.15) is 15.9 Å². The number of aromatic nitrogens is 1. The summed E-state index contributed by atoms with van der Waals surface area (Å²) < 4.78 is 26.0. The van der Waals surface area contributed by atoms with Crippen LogP contribution in [0, 0.1) is 6.92 Å². The lowest BCUT2D eigenvalue weighted by atomic mass is 10.0. The van der Waals surface area contributed by atoms with Crippen LogP contribution in [0.2, 0.25) is 0 Å². The Kier molecular flexibility index (Phi) is 5.65. The molecule has 1 aliphatic rings. The van der Waals surface area contributed by atoms with Crippen molar-refractivity contribution in [3.05, 3.63) is 64.1 Å². The first kappa shape index (κ1) is 21.0. The van der Waals surface area contributed by atoms with E-state index in [2.05, 4.69) is 15.9 Å². The maximum Gasteiger partial charge on any atom is 0.254 e. The van der Waals surface area contributed by atoms with Crippen LogP contribution in [0.25, 0.3) is 22.2 Å². The number of amides is 1. The number of sulfonamides is 1. The second-order valence-corrected chi connectivity index (χ2v) is 10.4. The van der Waals surface area contributed by atoms with Crippen molar-refractivity contribution in [2.24, 2.45) is 0 Å². The minimum Gasteiger partial charge on any atom is -0.336 e. The van der Waals surface area contributed by atoms with E-state index in [1.165, 1.54) is 10.6 Å². The standard InChI is InChI=1S/C22H22BrN3O3S/c1-15-3-8-20-18(13-15)19(14-21(24-20)16-4-6-17(23)7-5-16)22(27)25-9-11-26(12-10-25)30(2,28)29/h3-8,13-14H,9-12H2,1-2H3. The van der Waals surface area contributed by atoms with E-state index in [-0.39, 0.29) is 5.91 Å². The van der Waals surface area contributed by atoms with Crippen LogP contribution < -0.4 is 0 Å². The maximum atomic E-state index is 13.4. The Hall–Kier alpha value is -2.29. The molecule has 0 unspecified atom stereocenters. The van der Waals surface area contributed by atoms with Crippen molar-refractivity contribution in [1.29, 1.82) is 0 Å². The lowest BCUT2D eigenvalue weighted by Crippen LogP contribution is -2.50. The first-order chi connectivity index (χ1) is 14.2. The number of carbonyl (C=O) groups excluding carboxylic acids is 1. The molecule has 0 saturated carbocycles. The molecular formula is C22H22BrN3O3S. The number of hydrogen-bond donors (Lipinski definition) is 0. The normalized spacial score (nSPS) is 15.5. The number of nitrogens with zero attached hydrogens (tertiary/aromatic N) is 3. The van der Waals surface area contributed by atoms with Gasteiger partial charge in [0, 0.05) is 41.6 Å². The van der Waals surface area contributed by atoms with Crippen LogP contribution in [0.15, 0.2) is 53.0 Å². The van der Waals surface area contributed by atoms with Gasteiger partial charge in [-0.05, 0) is 37.3 Å². The number of benzene rings is 2. The second-order valence-electron chi connectivity index (χ2n) is 7.54. The molecule has 0 atom stereocenters. The monoisotopic (exact) mass is 487 g/mol. The molecule has 6 nitrogen and oxygen atoms in total. The van der Waals surface area contributed by atoms with Crippen molar-refractivity contribution in [1.82, 2.24) is 14.2 Å². The number of halogens is 1. The first-order valence-corrected chi connectivity index (χ1v) is 12.3. The third-order valence-corrected chi connectivity index (χ3v) is 7.16. The van der Waals surface area contributed by atoms with E-state index in [9.17, 15) is 13.2 Å². The molecule has 1 saturated heterocycles. The maximum absolute atomic E-state index is 13.4. The summed E-state index contributed by atoms with van der Waals surface area (Å²) >= 11 is 3.45. The Morgan fingerprint density at radius 2 is 1.67 bits per heavy atom. The van der Waals surface area contributed by atoms with Crippen LogP contribution in [-0.4, -0.2) is 60.9 Å². The largest absolute Gasteiger partial charge is 0.336 e. The van der Waals surface area contributed by atoms with E-state index in [0.717, 1.165) is 32.2 Å². The fraction of sp³-hybridized carbons (Fsp3) is 0.273. The van der Waals surface area contributed by atoms with Gasteiger partial charge in [-0.3, -0.25) is 4.79 Å². The van der Waals surface area contributed by atoms with Crippen molar-refractivity contribution in [3.63, 3.8) is 0 Å². The number of carbonyl (C=O) groups is 1. The summed E-state index contributed by atoms with van der Waals surface area (Å²) in [7, 11) is -3.24. The summed E-state index contributed by atoms with van der Waals surface area (Å²) in [6.45, 7) is 3.35. The zero-order valence-corrected chi connectivity index (χ0v) is 19.2. The number of hydrogen-bond acceptors (Lipinski definition) is 4. The van der Waals surface area contributed by atoms with Gasteiger partial charge < -0.3 is 4.90 Å². The number of piperazine rings is 1. The molecule has 1 amide bonds. The lowest BCUT2D eigenvalue weighted by molar-refractivity contribution is 0.0700. The molecule has 30 heavy (non-hydrogen) atoms. The number of pyridine rings is 1. The topological polar surface area (TPSA) is 70.6 Å². The molecule has 3 aromatic rings. The number of fused-ring (bicyclic) bond motifs is 1. The highest BCUT2D eigenvalue weighted by Crippen LogP contribution is 2.28. The van der Waals surface area contributed by atoms with Gasteiger partial charge in [-0.25, -0.2) is 13.4 Å². The highest BCUT2D eigenvalue weighted by Gasteiger charge is 2.27. The quantitative estimate of drug-likeness (QED) is 0.564. The van der Waals surface area contributed by atoms with Crippen molar-refractivity contribution in [2.75, 3.05) is 32.4 Å². The van der Waals surface area contributed by atoms with Crippen LogP contribution in [0.4, 0.5) is 0 Å². The predicted molar refractivity (Wildman–Crippen MR) is 122 cm³/mol. The fourth-order valence-corrected chi connectivity index (χ4v) is 4.77. The van der Waals surface area contributed by atoms with E-state index in [4.69, 9.17) is 4.98 Å². The van der Waals surface area contributed by atoms with Gasteiger partial charge in [-0.15, -0.1) is 0 Å². The smallest absolute Gasteiger partial charge is 0.254 e. The lowest BCUT2D eigenvalue weighted by Gasteiger charge is -2.33. The van der Waals surface area contributed by atoms with E-state index < -0.39 is 10.0 Å². The van der Waals surface area contributed by atoms with E-state index >= 15 is 0 Å². The Morgan fingerprint density at radius 3 is 2.30 bits per heavy atom. The van der Waals surface area contributed by atoms with Crippen molar-refractivity contribution in [3.8, 4) is 11.3 Å². The first-order valence-electron chi connectivity index (χ1n) is 9.64. The second kappa shape index (κ2) is 8.09. The van der Waals surface area contributed by atoms with Crippen LogP contribution >= 0.6 is 15.9 Å². The Labute approximate surface area is 184 Å². The average Bonchev–Trinajstić information content (AvgIpc) is 2.72. The SMILES string of the molecule is Cc1ccc2nc(-c3ccc(Br)cc3)cc(C(=O)N3CCN(S(C)(=O)=O)CC3)c2c1. The molecule has 2 aromatic carbocycles. The molecule has 2 heterocycles. The van der Waals surface area contributed by atoms with Crippen molar-refractivity contribution >= 4 is 42.8 Å². The molecule has 0 bridgehead atoms. The molecule has 156 valence electrons. The van der Waals surface area contributed by atoms with Gasteiger partial charge in [-0.1, -0.05) is 39.7 Å². The minimum absolute atomic E-state index is 0.0977. The minimum atomic E-state index is -3.24. The molecule has 1 aromatic heterocycles. The van der Waals surface area contributed by atoms with Crippen molar-refractivity contribution in [2.45, 2.75) is 6.92 Å². The predicted octanol–water partition coefficient (Wildman–Crippen LogP) is 3.69. The Balaban J connectivity index is 1.74. The molecule has 0 radical (unpaired) electrons. The van der Waals surface area contributed by atoms with E-state index in [1.54, 1.807) is 4.90 Å². The molecule has 0 spiro atoms. The zero-order valence-electron chi connectivity index (χ0n) is 16.8. The molecule has 1 aliphatic heterocycles. The third kappa shape index (κ3) is 4.26.